The topological polar surface area (TPSA) is 55.1 Å². The molecular weight excluding hydrogens is 288 g/mol. The van der Waals surface area contributed by atoms with E-state index in [4.69, 9.17) is 5.73 Å². The molecule has 0 radical (unpaired) electrons. The first-order chi connectivity index (χ1) is 8.24. The number of amides is 1. The van der Waals surface area contributed by atoms with Gasteiger partial charge in [-0.2, -0.15) is 8.78 Å². The number of nitrogen functional groups attached to an aromatic ring is 1. The molecule has 108 valence electrons. The Morgan fingerprint density at radius 1 is 1.42 bits per heavy atom. The molecule has 0 aliphatic heterocycles. The van der Waals surface area contributed by atoms with Gasteiger partial charge in [0.25, 0.3) is 5.91 Å². The highest BCUT2D eigenvalue weighted by Crippen LogP contribution is 2.22. The van der Waals surface area contributed by atoms with E-state index in [2.05, 4.69) is 0 Å². The Morgan fingerprint density at radius 3 is 2.53 bits per heavy atom. The van der Waals surface area contributed by atoms with Gasteiger partial charge < -0.3 is 11.1 Å². The van der Waals surface area contributed by atoms with Crippen molar-refractivity contribution in [1.82, 2.24) is 5.32 Å². The highest BCUT2D eigenvalue weighted by atomic mass is 35.5. The quantitative estimate of drug-likeness (QED) is 0.663. The molecule has 3 N–H and O–H groups in total. The molecule has 0 heterocycles. The minimum atomic E-state index is -4.25. The SMILES string of the molecule is Cc1ccc(N)cc1C(=O)NCC(F)(F)C(F)F.Cl. The molecule has 3 nitrogen and oxygen atoms in total. The van der Waals surface area contributed by atoms with Crippen molar-refractivity contribution in [1.29, 1.82) is 0 Å². The van der Waals surface area contributed by atoms with Crippen LogP contribution in [0.5, 0.6) is 0 Å². The zero-order chi connectivity index (χ0) is 13.9. The van der Waals surface area contributed by atoms with Crippen LogP contribution in [-0.4, -0.2) is 24.8 Å². The van der Waals surface area contributed by atoms with E-state index in [0.717, 1.165) is 0 Å². The van der Waals surface area contributed by atoms with Gasteiger partial charge in [0, 0.05) is 11.3 Å². The van der Waals surface area contributed by atoms with Crippen LogP contribution in [0.2, 0.25) is 0 Å². The molecule has 0 atom stereocenters. The van der Waals surface area contributed by atoms with Crippen molar-refractivity contribution in [2.45, 2.75) is 19.3 Å². The lowest BCUT2D eigenvalue weighted by molar-refractivity contribution is -0.123. The summed E-state index contributed by atoms with van der Waals surface area (Å²) in [5.41, 5.74) is 6.33. The summed E-state index contributed by atoms with van der Waals surface area (Å²) in [6.07, 6.45) is -3.82. The van der Waals surface area contributed by atoms with Gasteiger partial charge in [0.15, 0.2) is 0 Å². The summed E-state index contributed by atoms with van der Waals surface area (Å²) in [5, 5.41) is 1.76. The monoisotopic (exact) mass is 300 g/mol. The number of aryl methyl sites for hydroxylation is 1. The number of alkyl halides is 4. The fraction of sp³-hybridized carbons (Fsp3) is 0.364. The number of hydrogen-bond acceptors (Lipinski definition) is 2. The predicted molar refractivity (Wildman–Crippen MR) is 66.1 cm³/mol. The van der Waals surface area contributed by atoms with Crippen LogP contribution in [0.25, 0.3) is 0 Å². The van der Waals surface area contributed by atoms with Gasteiger partial charge in [-0.05, 0) is 24.6 Å². The van der Waals surface area contributed by atoms with E-state index in [-0.39, 0.29) is 23.7 Å². The summed E-state index contributed by atoms with van der Waals surface area (Å²) in [5.74, 6) is -5.11. The summed E-state index contributed by atoms with van der Waals surface area (Å²) < 4.78 is 49.0. The van der Waals surface area contributed by atoms with Crippen molar-refractivity contribution < 1.29 is 22.4 Å². The number of rotatable bonds is 4. The Balaban J connectivity index is 0.00000324. The highest BCUT2D eigenvalue weighted by Gasteiger charge is 2.40. The number of carbonyl (C=O) groups excluding carboxylic acids is 1. The zero-order valence-corrected chi connectivity index (χ0v) is 10.7. The van der Waals surface area contributed by atoms with E-state index in [9.17, 15) is 22.4 Å². The third kappa shape index (κ3) is 4.59. The minimum Gasteiger partial charge on any atom is -0.399 e. The number of anilines is 1. The van der Waals surface area contributed by atoms with Gasteiger partial charge in [-0.1, -0.05) is 6.07 Å². The number of nitrogens with one attached hydrogen (secondary N) is 1. The molecule has 0 aliphatic carbocycles. The first kappa shape index (κ1) is 17.5. The van der Waals surface area contributed by atoms with Crippen molar-refractivity contribution in [2.24, 2.45) is 0 Å². The van der Waals surface area contributed by atoms with E-state index in [1.54, 1.807) is 18.3 Å². The molecule has 1 aromatic rings. The molecule has 0 aliphatic rings. The number of carbonyl (C=O) groups is 1. The van der Waals surface area contributed by atoms with Crippen LogP contribution in [0.4, 0.5) is 23.2 Å². The normalized spacial score (nSPS) is 11.1. The maximum absolute atomic E-state index is 12.6. The van der Waals surface area contributed by atoms with Crippen LogP contribution in [0.3, 0.4) is 0 Å². The molecule has 1 amide bonds. The van der Waals surface area contributed by atoms with Gasteiger partial charge in [-0.25, -0.2) is 8.78 Å². The summed E-state index contributed by atoms with van der Waals surface area (Å²) in [6.45, 7) is 0.164. The fourth-order valence-corrected chi connectivity index (χ4v) is 1.25. The molecule has 0 saturated carbocycles. The summed E-state index contributed by atoms with van der Waals surface area (Å²) >= 11 is 0. The third-order valence-corrected chi connectivity index (χ3v) is 2.31. The first-order valence-electron chi connectivity index (χ1n) is 5.04. The van der Waals surface area contributed by atoms with Gasteiger partial charge in [-0.15, -0.1) is 12.4 Å². The molecule has 0 spiro atoms. The predicted octanol–water partition coefficient (Wildman–Crippen LogP) is 2.63. The Bertz CT molecular complexity index is 454. The lowest BCUT2D eigenvalue weighted by atomic mass is 10.1. The average Bonchev–Trinajstić information content (AvgIpc) is 2.29. The van der Waals surface area contributed by atoms with E-state index >= 15 is 0 Å². The van der Waals surface area contributed by atoms with Gasteiger partial charge >= 0.3 is 12.3 Å². The summed E-state index contributed by atoms with van der Waals surface area (Å²) in [4.78, 5) is 11.5. The van der Waals surface area contributed by atoms with E-state index in [0.29, 0.717) is 5.56 Å². The molecular formula is C11H13ClF4N2O. The van der Waals surface area contributed by atoms with Crippen molar-refractivity contribution in [2.75, 3.05) is 12.3 Å². The van der Waals surface area contributed by atoms with Crippen molar-refractivity contribution in [3.05, 3.63) is 29.3 Å². The van der Waals surface area contributed by atoms with Crippen molar-refractivity contribution in [3.8, 4) is 0 Å². The van der Waals surface area contributed by atoms with Crippen LogP contribution in [0.15, 0.2) is 18.2 Å². The molecule has 0 aromatic heterocycles. The van der Waals surface area contributed by atoms with Gasteiger partial charge in [-0.3, -0.25) is 4.79 Å². The number of halogens is 5. The lowest BCUT2D eigenvalue weighted by Gasteiger charge is -2.16. The molecule has 0 unspecified atom stereocenters. The molecule has 0 bridgehead atoms. The van der Waals surface area contributed by atoms with Crippen LogP contribution in [-0.2, 0) is 0 Å². The number of nitrogens with two attached hydrogens (primary N) is 1. The second kappa shape index (κ2) is 6.60. The summed E-state index contributed by atoms with van der Waals surface area (Å²) in [7, 11) is 0. The lowest BCUT2D eigenvalue weighted by Crippen LogP contribution is -2.41. The molecule has 1 aromatic carbocycles. The Morgan fingerprint density at radius 2 is 2.00 bits per heavy atom. The van der Waals surface area contributed by atoms with Crippen molar-refractivity contribution >= 4 is 24.0 Å². The molecule has 0 fully saturated rings. The minimum absolute atomic E-state index is 0. The van der Waals surface area contributed by atoms with Gasteiger partial charge in [0.05, 0.1) is 6.54 Å². The second-order valence-electron chi connectivity index (χ2n) is 3.82. The first-order valence-corrected chi connectivity index (χ1v) is 5.04. The highest BCUT2D eigenvalue weighted by molar-refractivity contribution is 5.96. The fourth-order valence-electron chi connectivity index (χ4n) is 1.25. The molecule has 8 heteroatoms. The van der Waals surface area contributed by atoms with Crippen LogP contribution >= 0.6 is 12.4 Å². The zero-order valence-electron chi connectivity index (χ0n) is 9.92. The van der Waals surface area contributed by atoms with E-state index in [1.165, 1.54) is 12.1 Å². The number of benzene rings is 1. The van der Waals surface area contributed by atoms with E-state index < -0.39 is 24.8 Å². The maximum Gasteiger partial charge on any atom is 0.324 e. The Hall–Kier alpha value is -1.50. The molecule has 1 rings (SSSR count). The standard InChI is InChI=1S/C11H12F4N2O.ClH/c1-6-2-3-7(16)4-8(6)9(18)17-5-11(14,15)10(12)13;/h2-4,10H,5,16H2,1H3,(H,17,18);1H. The summed E-state index contributed by atoms with van der Waals surface area (Å²) in [6, 6.07) is 4.38. The average molecular weight is 301 g/mol. The van der Waals surface area contributed by atoms with Crippen LogP contribution < -0.4 is 11.1 Å². The third-order valence-electron chi connectivity index (χ3n) is 2.31. The Kier molecular flexibility index (Phi) is 6.08. The van der Waals surface area contributed by atoms with Crippen molar-refractivity contribution in [3.63, 3.8) is 0 Å². The largest absolute Gasteiger partial charge is 0.399 e. The smallest absolute Gasteiger partial charge is 0.324 e. The van der Waals surface area contributed by atoms with Gasteiger partial charge in [0.1, 0.15) is 0 Å². The molecule has 19 heavy (non-hydrogen) atoms. The van der Waals surface area contributed by atoms with Crippen LogP contribution in [0, 0.1) is 6.92 Å². The maximum atomic E-state index is 12.6. The van der Waals surface area contributed by atoms with E-state index in [1.807, 2.05) is 0 Å². The second-order valence-corrected chi connectivity index (χ2v) is 3.82. The molecule has 0 saturated heterocycles. The van der Waals surface area contributed by atoms with Crippen LogP contribution in [0.1, 0.15) is 15.9 Å². The Labute approximate surface area is 113 Å². The van der Waals surface area contributed by atoms with Gasteiger partial charge in [0.2, 0.25) is 0 Å². The number of hydrogen-bond donors (Lipinski definition) is 2.